The largest absolute Gasteiger partial charge is 0.480 e. The van der Waals surface area contributed by atoms with Crippen LogP contribution in [0.2, 0.25) is 0 Å². The van der Waals surface area contributed by atoms with Gasteiger partial charge in [0.2, 0.25) is 11.8 Å². The molecule has 2 aromatic rings. The first-order valence-electron chi connectivity index (χ1n) is 9.39. The molecule has 1 saturated heterocycles. The topological polar surface area (TPSA) is 86.7 Å². The van der Waals surface area contributed by atoms with Crippen molar-refractivity contribution in [1.82, 2.24) is 10.2 Å². The molecule has 0 saturated carbocycles. The van der Waals surface area contributed by atoms with Crippen LogP contribution in [0.25, 0.3) is 0 Å². The molecule has 6 heteroatoms. The molecule has 2 unspecified atom stereocenters. The molecule has 0 spiro atoms. The second-order valence-corrected chi connectivity index (χ2v) is 7.08. The van der Waals surface area contributed by atoms with Crippen LogP contribution in [0.5, 0.6) is 0 Å². The number of piperidine rings is 1. The zero-order valence-corrected chi connectivity index (χ0v) is 15.7. The highest BCUT2D eigenvalue weighted by Crippen LogP contribution is 2.38. The SMILES string of the molecule is C[C@@H](NC(=O)C1CCC(=O)N(Cc2ccccc2)C1c1ccccc1)C(=O)O. The fourth-order valence-electron chi connectivity index (χ4n) is 3.64. The molecule has 1 aliphatic heterocycles. The average Bonchev–Trinajstić information content (AvgIpc) is 2.70. The minimum Gasteiger partial charge on any atom is -0.480 e. The van der Waals surface area contributed by atoms with Crippen LogP contribution >= 0.6 is 0 Å². The van der Waals surface area contributed by atoms with Gasteiger partial charge in [-0.1, -0.05) is 60.7 Å². The summed E-state index contributed by atoms with van der Waals surface area (Å²) in [7, 11) is 0. The third-order valence-corrected chi connectivity index (χ3v) is 5.11. The summed E-state index contributed by atoms with van der Waals surface area (Å²) in [6, 6.07) is 17.7. The zero-order chi connectivity index (χ0) is 20.1. The Kier molecular flexibility index (Phi) is 6.09. The van der Waals surface area contributed by atoms with Gasteiger partial charge in [0.05, 0.1) is 12.0 Å². The molecule has 28 heavy (non-hydrogen) atoms. The molecule has 1 heterocycles. The van der Waals surface area contributed by atoms with E-state index >= 15 is 0 Å². The lowest BCUT2D eigenvalue weighted by Crippen LogP contribution is -2.50. The van der Waals surface area contributed by atoms with E-state index in [0.717, 1.165) is 11.1 Å². The Labute approximate surface area is 164 Å². The fourth-order valence-corrected chi connectivity index (χ4v) is 3.64. The number of aliphatic carboxylic acids is 1. The second kappa shape index (κ2) is 8.69. The van der Waals surface area contributed by atoms with Gasteiger partial charge in [0.25, 0.3) is 0 Å². The summed E-state index contributed by atoms with van der Waals surface area (Å²) in [5, 5.41) is 11.7. The molecule has 2 amide bonds. The van der Waals surface area contributed by atoms with Gasteiger partial charge in [0.1, 0.15) is 6.04 Å². The van der Waals surface area contributed by atoms with Crippen molar-refractivity contribution >= 4 is 17.8 Å². The van der Waals surface area contributed by atoms with Gasteiger partial charge in [-0.25, -0.2) is 0 Å². The first kappa shape index (κ1) is 19.6. The van der Waals surface area contributed by atoms with Crippen molar-refractivity contribution in [3.05, 3.63) is 71.8 Å². The number of carbonyl (C=O) groups is 3. The van der Waals surface area contributed by atoms with Gasteiger partial charge in [-0.2, -0.15) is 0 Å². The molecule has 1 fully saturated rings. The number of rotatable bonds is 6. The molecule has 6 nitrogen and oxygen atoms in total. The van der Waals surface area contributed by atoms with Gasteiger partial charge < -0.3 is 15.3 Å². The van der Waals surface area contributed by atoms with E-state index in [2.05, 4.69) is 5.32 Å². The van der Waals surface area contributed by atoms with E-state index in [1.54, 1.807) is 4.90 Å². The maximum atomic E-state index is 12.9. The minimum atomic E-state index is -1.09. The summed E-state index contributed by atoms with van der Waals surface area (Å²) < 4.78 is 0. The molecule has 0 radical (unpaired) electrons. The van der Waals surface area contributed by atoms with Crippen molar-refractivity contribution in [2.45, 2.75) is 38.4 Å². The van der Waals surface area contributed by atoms with Crippen LogP contribution in [0.4, 0.5) is 0 Å². The van der Waals surface area contributed by atoms with Crippen LogP contribution in [0, 0.1) is 5.92 Å². The molecular weight excluding hydrogens is 356 g/mol. The molecule has 1 aliphatic rings. The third kappa shape index (κ3) is 4.39. The number of benzene rings is 2. The molecule has 0 aromatic heterocycles. The maximum Gasteiger partial charge on any atom is 0.325 e. The Morgan fingerprint density at radius 1 is 1.11 bits per heavy atom. The van der Waals surface area contributed by atoms with Crippen molar-refractivity contribution in [2.24, 2.45) is 5.92 Å². The Morgan fingerprint density at radius 3 is 2.32 bits per heavy atom. The van der Waals surface area contributed by atoms with Gasteiger partial charge in [-0.15, -0.1) is 0 Å². The summed E-state index contributed by atoms with van der Waals surface area (Å²) in [6.45, 7) is 1.84. The summed E-state index contributed by atoms with van der Waals surface area (Å²) in [4.78, 5) is 38.6. The molecule has 146 valence electrons. The standard InChI is InChI=1S/C22H24N2O4/c1-15(22(27)28)23-21(26)18-12-13-19(25)24(14-16-8-4-2-5-9-16)20(18)17-10-6-3-7-11-17/h2-11,15,18,20H,12-14H2,1H3,(H,23,26)(H,27,28)/t15-,18?,20?/m1/s1. The second-order valence-electron chi connectivity index (χ2n) is 7.08. The smallest absolute Gasteiger partial charge is 0.325 e. The molecule has 2 aromatic carbocycles. The van der Waals surface area contributed by atoms with Crippen LogP contribution < -0.4 is 5.32 Å². The van der Waals surface area contributed by atoms with Crippen LogP contribution in [0.3, 0.4) is 0 Å². The van der Waals surface area contributed by atoms with E-state index in [-0.39, 0.29) is 18.2 Å². The predicted molar refractivity (Wildman–Crippen MR) is 104 cm³/mol. The summed E-state index contributed by atoms with van der Waals surface area (Å²) >= 11 is 0. The Bertz CT molecular complexity index is 838. The number of carbonyl (C=O) groups excluding carboxylic acids is 2. The van der Waals surface area contributed by atoms with E-state index < -0.39 is 24.0 Å². The number of hydrogen-bond donors (Lipinski definition) is 2. The summed E-state index contributed by atoms with van der Waals surface area (Å²) in [6.07, 6.45) is 0.650. The molecule has 2 N–H and O–H groups in total. The fraction of sp³-hybridized carbons (Fsp3) is 0.318. The van der Waals surface area contributed by atoms with Crippen molar-refractivity contribution in [2.75, 3.05) is 0 Å². The zero-order valence-electron chi connectivity index (χ0n) is 15.7. The van der Waals surface area contributed by atoms with Crippen molar-refractivity contribution in [3.63, 3.8) is 0 Å². The van der Waals surface area contributed by atoms with E-state index in [1.807, 2.05) is 60.7 Å². The van der Waals surface area contributed by atoms with Crippen LogP contribution in [0.1, 0.15) is 36.9 Å². The first-order valence-corrected chi connectivity index (χ1v) is 9.39. The van der Waals surface area contributed by atoms with Crippen LogP contribution in [0.15, 0.2) is 60.7 Å². The number of amides is 2. The highest BCUT2D eigenvalue weighted by Gasteiger charge is 2.41. The summed E-state index contributed by atoms with van der Waals surface area (Å²) in [5.41, 5.74) is 1.85. The number of carboxylic acids is 1. The van der Waals surface area contributed by atoms with Gasteiger partial charge in [-0.05, 0) is 24.5 Å². The van der Waals surface area contributed by atoms with Gasteiger partial charge >= 0.3 is 5.97 Å². The number of nitrogens with zero attached hydrogens (tertiary/aromatic N) is 1. The van der Waals surface area contributed by atoms with E-state index in [9.17, 15) is 14.4 Å². The van der Waals surface area contributed by atoms with Gasteiger partial charge in [0, 0.05) is 13.0 Å². The molecular formula is C22H24N2O4. The van der Waals surface area contributed by atoms with E-state index in [0.29, 0.717) is 13.0 Å². The lowest BCUT2D eigenvalue weighted by molar-refractivity contribution is -0.147. The molecule has 0 bridgehead atoms. The average molecular weight is 380 g/mol. The normalized spacial score (nSPS) is 20.5. The predicted octanol–water partition coefficient (Wildman–Crippen LogP) is 2.76. The number of hydrogen-bond acceptors (Lipinski definition) is 3. The van der Waals surface area contributed by atoms with Crippen molar-refractivity contribution in [1.29, 1.82) is 0 Å². The molecule has 3 atom stereocenters. The van der Waals surface area contributed by atoms with E-state index in [4.69, 9.17) is 5.11 Å². The Balaban J connectivity index is 1.93. The lowest BCUT2D eigenvalue weighted by Gasteiger charge is -2.41. The van der Waals surface area contributed by atoms with Crippen molar-refractivity contribution < 1.29 is 19.5 Å². The monoisotopic (exact) mass is 380 g/mol. The van der Waals surface area contributed by atoms with Crippen molar-refractivity contribution in [3.8, 4) is 0 Å². The lowest BCUT2D eigenvalue weighted by atomic mass is 9.83. The van der Waals surface area contributed by atoms with Crippen LogP contribution in [-0.2, 0) is 20.9 Å². The van der Waals surface area contributed by atoms with E-state index in [1.165, 1.54) is 6.92 Å². The molecule has 0 aliphatic carbocycles. The highest BCUT2D eigenvalue weighted by atomic mass is 16.4. The minimum absolute atomic E-state index is 0.00645. The van der Waals surface area contributed by atoms with Crippen LogP contribution in [-0.4, -0.2) is 33.8 Å². The maximum absolute atomic E-state index is 12.9. The quantitative estimate of drug-likeness (QED) is 0.807. The number of nitrogens with one attached hydrogen (secondary N) is 1. The molecule has 3 rings (SSSR count). The highest BCUT2D eigenvalue weighted by molar-refractivity contribution is 5.88. The number of carboxylic acid groups (broad SMARTS) is 1. The number of likely N-dealkylation sites (tertiary alicyclic amines) is 1. The van der Waals surface area contributed by atoms with Gasteiger partial charge in [0.15, 0.2) is 0 Å². The first-order chi connectivity index (χ1) is 13.5. The Hall–Kier alpha value is -3.15. The Morgan fingerprint density at radius 2 is 1.71 bits per heavy atom. The van der Waals surface area contributed by atoms with Gasteiger partial charge in [-0.3, -0.25) is 14.4 Å². The summed E-state index contributed by atoms with van der Waals surface area (Å²) in [5.74, 6) is -1.94. The third-order valence-electron chi connectivity index (χ3n) is 5.11.